The molecule has 0 fully saturated rings. The molecule has 0 saturated carbocycles. The zero-order valence-corrected chi connectivity index (χ0v) is 12.4. The molecule has 0 aromatic carbocycles. The van der Waals surface area contributed by atoms with Crippen molar-refractivity contribution in [3.05, 3.63) is 59.2 Å². The highest BCUT2D eigenvalue weighted by Crippen LogP contribution is 2.26. The Balaban J connectivity index is 2.22. The van der Waals surface area contributed by atoms with Crippen molar-refractivity contribution >= 4 is 5.78 Å². The average Bonchev–Trinajstić information content (AvgIpc) is 2.45. The fourth-order valence-electron chi connectivity index (χ4n) is 2.38. The van der Waals surface area contributed by atoms with Gasteiger partial charge in [-0.1, -0.05) is 13.8 Å². The van der Waals surface area contributed by atoms with Crippen molar-refractivity contribution < 1.29 is 4.79 Å². The second kappa shape index (κ2) is 5.95. The van der Waals surface area contributed by atoms with Crippen LogP contribution >= 0.6 is 0 Å². The van der Waals surface area contributed by atoms with Gasteiger partial charge in [0, 0.05) is 35.6 Å². The lowest BCUT2D eigenvalue weighted by molar-refractivity contribution is -0.121. The van der Waals surface area contributed by atoms with E-state index in [1.165, 1.54) is 0 Å². The van der Waals surface area contributed by atoms with Gasteiger partial charge in [0.05, 0.1) is 0 Å². The second-order valence-electron chi connectivity index (χ2n) is 5.31. The average molecular weight is 268 g/mol. The number of hydrogen-bond acceptors (Lipinski definition) is 3. The SMILES string of the molecule is Cc1cc(C(C)C(=O)C(C)c2ccnc(C)c2)ccn1. The monoisotopic (exact) mass is 268 g/mol. The smallest absolute Gasteiger partial charge is 0.147 e. The quantitative estimate of drug-likeness (QED) is 0.851. The van der Waals surface area contributed by atoms with Gasteiger partial charge >= 0.3 is 0 Å². The molecule has 2 atom stereocenters. The Hall–Kier alpha value is -2.03. The number of carbonyl (C=O) groups is 1. The Morgan fingerprint density at radius 2 is 1.30 bits per heavy atom. The Labute approximate surface area is 120 Å². The first kappa shape index (κ1) is 14.4. The van der Waals surface area contributed by atoms with Crippen LogP contribution in [0.3, 0.4) is 0 Å². The summed E-state index contributed by atoms with van der Waals surface area (Å²) in [6.07, 6.45) is 3.52. The molecule has 2 unspecified atom stereocenters. The van der Waals surface area contributed by atoms with Crippen molar-refractivity contribution in [3.63, 3.8) is 0 Å². The lowest BCUT2D eigenvalue weighted by Gasteiger charge is -2.17. The van der Waals surface area contributed by atoms with Gasteiger partial charge in [0.15, 0.2) is 0 Å². The van der Waals surface area contributed by atoms with Crippen LogP contribution in [-0.4, -0.2) is 15.8 Å². The van der Waals surface area contributed by atoms with Crippen molar-refractivity contribution in [1.29, 1.82) is 0 Å². The molecule has 2 rings (SSSR count). The first-order chi connectivity index (χ1) is 9.49. The number of aromatic nitrogens is 2. The molecule has 104 valence electrons. The van der Waals surface area contributed by atoms with E-state index in [0.717, 1.165) is 22.5 Å². The molecular weight excluding hydrogens is 248 g/mol. The third-order valence-corrected chi connectivity index (χ3v) is 3.69. The van der Waals surface area contributed by atoms with Gasteiger partial charge in [-0.05, 0) is 49.2 Å². The summed E-state index contributed by atoms with van der Waals surface area (Å²) in [5.74, 6) is -0.0263. The summed E-state index contributed by atoms with van der Waals surface area (Å²) in [6.45, 7) is 7.80. The van der Waals surface area contributed by atoms with Crippen LogP contribution in [0.2, 0.25) is 0 Å². The zero-order chi connectivity index (χ0) is 14.7. The maximum Gasteiger partial charge on any atom is 0.147 e. The number of hydrogen-bond donors (Lipinski definition) is 0. The lowest BCUT2D eigenvalue weighted by atomic mass is 9.86. The number of pyridine rings is 2. The number of carbonyl (C=O) groups excluding carboxylic acids is 1. The van der Waals surface area contributed by atoms with Gasteiger partial charge in [0.25, 0.3) is 0 Å². The van der Waals surface area contributed by atoms with Crippen LogP contribution in [0.5, 0.6) is 0 Å². The van der Waals surface area contributed by atoms with Gasteiger partial charge < -0.3 is 0 Å². The molecule has 0 spiro atoms. The third-order valence-electron chi connectivity index (χ3n) is 3.69. The summed E-state index contributed by atoms with van der Waals surface area (Å²) in [7, 11) is 0. The van der Waals surface area contributed by atoms with Gasteiger partial charge in [-0.2, -0.15) is 0 Å². The van der Waals surface area contributed by atoms with Gasteiger partial charge in [0.1, 0.15) is 5.78 Å². The number of ketones is 1. The molecule has 3 nitrogen and oxygen atoms in total. The number of nitrogens with zero attached hydrogens (tertiary/aromatic N) is 2. The van der Waals surface area contributed by atoms with Crippen LogP contribution in [0, 0.1) is 13.8 Å². The van der Waals surface area contributed by atoms with E-state index in [9.17, 15) is 4.79 Å². The van der Waals surface area contributed by atoms with E-state index < -0.39 is 0 Å². The molecule has 0 aliphatic carbocycles. The van der Waals surface area contributed by atoms with Crippen LogP contribution in [0.4, 0.5) is 0 Å². The molecular formula is C17H20N2O. The van der Waals surface area contributed by atoms with E-state index >= 15 is 0 Å². The lowest BCUT2D eigenvalue weighted by Crippen LogP contribution is -2.17. The molecule has 2 aromatic rings. The molecule has 0 amide bonds. The topological polar surface area (TPSA) is 42.9 Å². The maximum absolute atomic E-state index is 12.6. The van der Waals surface area contributed by atoms with E-state index in [2.05, 4.69) is 9.97 Å². The highest BCUT2D eigenvalue weighted by Gasteiger charge is 2.23. The van der Waals surface area contributed by atoms with E-state index in [1.807, 2.05) is 52.0 Å². The van der Waals surface area contributed by atoms with Gasteiger partial charge in [-0.15, -0.1) is 0 Å². The predicted molar refractivity (Wildman–Crippen MR) is 79.8 cm³/mol. The minimum absolute atomic E-state index is 0.125. The minimum Gasteiger partial charge on any atom is -0.298 e. The maximum atomic E-state index is 12.6. The Morgan fingerprint density at radius 1 is 0.900 bits per heavy atom. The number of aryl methyl sites for hydroxylation is 2. The fraction of sp³-hybridized carbons (Fsp3) is 0.353. The van der Waals surface area contributed by atoms with Crippen LogP contribution in [0.1, 0.15) is 48.2 Å². The van der Waals surface area contributed by atoms with Crippen molar-refractivity contribution in [2.75, 3.05) is 0 Å². The highest BCUT2D eigenvalue weighted by molar-refractivity contribution is 5.91. The summed E-state index contributed by atoms with van der Waals surface area (Å²) in [4.78, 5) is 21.0. The van der Waals surface area contributed by atoms with Gasteiger partial charge in [0.2, 0.25) is 0 Å². The zero-order valence-electron chi connectivity index (χ0n) is 12.4. The molecule has 3 heteroatoms. The molecule has 0 saturated heterocycles. The van der Waals surface area contributed by atoms with E-state index in [0.29, 0.717) is 0 Å². The van der Waals surface area contributed by atoms with Crippen LogP contribution in [-0.2, 0) is 4.79 Å². The van der Waals surface area contributed by atoms with Crippen molar-refractivity contribution in [2.45, 2.75) is 39.5 Å². The molecule has 0 radical (unpaired) electrons. The van der Waals surface area contributed by atoms with E-state index in [4.69, 9.17) is 0 Å². The number of Topliss-reactive ketones (excluding diaryl/α,β-unsaturated/α-hetero) is 1. The van der Waals surface area contributed by atoms with Crippen molar-refractivity contribution in [1.82, 2.24) is 9.97 Å². The summed E-state index contributed by atoms with van der Waals surface area (Å²) in [5.41, 5.74) is 3.93. The highest BCUT2D eigenvalue weighted by atomic mass is 16.1. The first-order valence-corrected chi connectivity index (χ1v) is 6.88. The van der Waals surface area contributed by atoms with Crippen molar-refractivity contribution in [2.24, 2.45) is 0 Å². The summed E-state index contributed by atoms with van der Waals surface area (Å²) >= 11 is 0. The number of rotatable bonds is 4. The second-order valence-corrected chi connectivity index (χ2v) is 5.31. The Bertz CT molecular complexity index is 568. The van der Waals surface area contributed by atoms with E-state index in [1.54, 1.807) is 12.4 Å². The fourth-order valence-corrected chi connectivity index (χ4v) is 2.38. The van der Waals surface area contributed by atoms with Gasteiger partial charge in [-0.3, -0.25) is 14.8 Å². The molecule has 2 aromatic heterocycles. The molecule has 2 heterocycles. The molecule has 0 N–H and O–H groups in total. The van der Waals surface area contributed by atoms with Crippen LogP contribution < -0.4 is 0 Å². The largest absolute Gasteiger partial charge is 0.298 e. The predicted octanol–water partition coefficient (Wildman–Crippen LogP) is 3.57. The molecule has 0 aliphatic rings. The summed E-state index contributed by atoms with van der Waals surface area (Å²) in [5, 5.41) is 0. The summed E-state index contributed by atoms with van der Waals surface area (Å²) in [6, 6.07) is 7.79. The van der Waals surface area contributed by atoms with Crippen molar-refractivity contribution in [3.8, 4) is 0 Å². The van der Waals surface area contributed by atoms with Crippen LogP contribution in [0.15, 0.2) is 36.7 Å². The molecule has 0 aliphatic heterocycles. The first-order valence-electron chi connectivity index (χ1n) is 6.88. The molecule has 20 heavy (non-hydrogen) atoms. The minimum atomic E-state index is -0.125. The van der Waals surface area contributed by atoms with E-state index in [-0.39, 0.29) is 17.6 Å². The molecule has 0 bridgehead atoms. The van der Waals surface area contributed by atoms with Crippen LogP contribution in [0.25, 0.3) is 0 Å². The summed E-state index contributed by atoms with van der Waals surface area (Å²) < 4.78 is 0. The third kappa shape index (κ3) is 3.10. The Kier molecular flexibility index (Phi) is 4.28. The standard InChI is InChI=1S/C17H20N2O/c1-11-9-15(5-7-18-11)13(3)17(20)14(4)16-6-8-19-12(2)10-16/h5-10,13-14H,1-4H3. The van der Waals surface area contributed by atoms with Gasteiger partial charge in [-0.25, -0.2) is 0 Å². The Morgan fingerprint density at radius 3 is 1.65 bits per heavy atom. The normalized spacial score (nSPS) is 13.8.